The number of anilines is 2. The summed E-state index contributed by atoms with van der Waals surface area (Å²) in [6.07, 6.45) is 1.77. The molecule has 2 nitrogen and oxygen atoms in total. The second-order valence-electron chi connectivity index (χ2n) is 4.32. The van der Waals surface area contributed by atoms with E-state index in [0.29, 0.717) is 0 Å². The Bertz CT molecular complexity index is 787. The maximum Gasteiger partial charge on any atom is 0.144 e. The Morgan fingerprint density at radius 1 is 0.800 bits per heavy atom. The number of pyridine rings is 1. The number of hydrogen-bond acceptors (Lipinski definition) is 2. The Morgan fingerprint density at radius 3 is 2.35 bits per heavy atom. The van der Waals surface area contributed by atoms with Crippen LogP contribution in [0.4, 0.5) is 11.5 Å². The molecule has 0 aliphatic heterocycles. The second kappa shape index (κ2) is 5.84. The molecule has 0 unspecified atom stereocenters. The van der Waals surface area contributed by atoms with E-state index in [-0.39, 0.29) is 0 Å². The van der Waals surface area contributed by atoms with E-state index < -0.39 is 0 Å². The van der Waals surface area contributed by atoms with Gasteiger partial charge in [0.1, 0.15) is 5.82 Å². The molecule has 5 heteroatoms. The number of aromatic nitrogens is 1. The highest BCUT2D eigenvalue weighted by Gasteiger charge is 2.04. The molecule has 1 N–H and O–H groups in total. The largest absolute Gasteiger partial charge is 0.339 e. The van der Waals surface area contributed by atoms with Crippen molar-refractivity contribution in [3.63, 3.8) is 0 Å². The van der Waals surface area contributed by atoms with Crippen LogP contribution in [0.1, 0.15) is 0 Å². The molecule has 0 amide bonds. The minimum absolute atomic E-state index is 0.796. The van der Waals surface area contributed by atoms with Crippen LogP contribution in [0.3, 0.4) is 0 Å². The molecule has 0 radical (unpaired) electrons. The average Bonchev–Trinajstić information content (AvgIpc) is 2.42. The molecule has 0 aliphatic rings. The fourth-order valence-electron chi connectivity index (χ4n) is 1.94. The van der Waals surface area contributed by atoms with E-state index in [9.17, 15) is 0 Å². The number of fused-ring (bicyclic) bond motifs is 1. The molecule has 0 fully saturated rings. The molecular weight excluding hydrogens is 448 g/mol. The van der Waals surface area contributed by atoms with Crippen LogP contribution in [0.15, 0.2) is 62.1 Å². The quantitative estimate of drug-likeness (QED) is 0.492. The number of nitrogens with zero attached hydrogens (tertiary/aromatic N) is 1. The number of halogens is 3. The Balaban J connectivity index is 1.96. The Labute approximate surface area is 142 Å². The minimum atomic E-state index is 0.796. The van der Waals surface area contributed by atoms with Gasteiger partial charge >= 0.3 is 0 Å². The van der Waals surface area contributed by atoms with E-state index in [4.69, 9.17) is 0 Å². The topological polar surface area (TPSA) is 24.9 Å². The van der Waals surface area contributed by atoms with Gasteiger partial charge in [-0.3, -0.25) is 0 Å². The summed E-state index contributed by atoms with van der Waals surface area (Å²) in [5.74, 6) is 0.796. The summed E-state index contributed by atoms with van der Waals surface area (Å²) in [4.78, 5) is 4.35. The Morgan fingerprint density at radius 2 is 1.55 bits per heavy atom. The van der Waals surface area contributed by atoms with E-state index in [2.05, 4.69) is 82.4 Å². The normalized spacial score (nSPS) is 10.8. The van der Waals surface area contributed by atoms with Crippen molar-refractivity contribution in [2.75, 3.05) is 5.32 Å². The zero-order chi connectivity index (χ0) is 14.1. The third kappa shape index (κ3) is 3.05. The first-order valence-corrected chi connectivity index (χ1v) is 8.27. The molecule has 2 aromatic carbocycles. The van der Waals surface area contributed by atoms with Crippen LogP contribution >= 0.6 is 47.8 Å². The van der Waals surface area contributed by atoms with Crippen LogP contribution < -0.4 is 5.32 Å². The fourth-order valence-corrected chi connectivity index (χ4v) is 3.40. The van der Waals surface area contributed by atoms with Crippen LogP contribution in [0.5, 0.6) is 0 Å². The van der Waals surface area contributed by atoms with Gasteiger partial charge in [-0.25, -0.2) is 4.98 Å². The van der Waals surface area contributed by atoms with Gasteiger partial charge in [0.15, 0.2) is 0 Å². The van der Waals surface area contributed by atoms with Gasteiger partial charge in [-0.1, -0.05) is 28.1 Å². The predicted octanol–water partition coefficient (Wildman–Crippen LogP) is 6.27. The minimum Gasteiger partial charge on any atom is -0.339 e. The van der Waals surface area contributed by atoms with Gasteiger partial charge < -0.3 is 5.32 Å². The summed E-state index contributed by atoms with van der Waals surface area (Å²) < 4.78 is 2.95. The summed E-state index contributed by atoms with van der Waals surface area (Å²) in [6.45, 7) is 0. The van der Waals surface area contributed by atoms with Gasteiger partial charge in [0.2, 0.25) is 0 Å². The van der Waals surface area contributed by atoms with Crippen LogP contribution in [0.25, 0.3) is 10.8 Å². The lowest BCUT2D eigenvalue weighted by Gasteiger charge is -2.09. The van der Waals surface area contributed by atoms with Crippen molar-refractivity contribution in [3.8, 4) is 0 Å². The zero-order valence-electron chi connectivity index (χ0n) is 10.2. The van der Waals surface area contributed by atoms with E-state index in [1.54, 1.807) is 6.20 Å². The predicted molar refractivity (Wildman–Crippen MR) is 94.6 cm³/mol. The highest BCUT2D eigenvalue weighted by Crippen LogP contribution is 2.28. The maximum absolute atomic E-state index is 4.35. The molecule has 0 saturated heterocycles. The fraction of sp³-hybridized carbons (Fsp3) is 0. The summed E-state index contributed by atoms with van der Waals surface area (Å²) in [5, 5.41) is 5.70. The molecule has 0 saturated carbocycles. The molecule has 0 bridgehead atoms. The number of rotatable bonds is 2. The van der Waals surface area contributed by atoms with Gasteiger partial charge in [-0.05, 0) is 73.0 Å². The average molecular weight is 457 g/mol. The van der Waals surface area contributed by atoms with Crippen LogP contribution in [0, 0.1) is 0 Å². The third-order valence-corrected chi connectivity index (χ3v) is 4.40. The van der Waals surface area contributed by atoms with Crippen molar-refractivity contribution in [2.24, 2.45) is 0 Å². The lowest BCUT2D eigenvalue weighted by atomic mass is 10.1. The van der Waals surface area contributed by atoms with Crippen molar-refractivity contribution in [1.82, 2.24) is 4.98 Å². The monoisotopic (exact) mass is 454 g/mol. The molecule has 3 rings (SSSR count). The van der Waals surface area contributed by atoms with Crippen molar-refractivity contribution >= 4 is 70.1 Å². The van der Waals surface area contributed by atoms with Gasteiger partial charge in [-0.15, -0.1) is 0 Å². The van der Waals surface area contributed by atoms with Crippen molar-refractivity contribution in [3.05, 3.63) is 62.1 Å². The van der Waals surface area contributed by atoms with Crippen molar-refractivity contribution < 1.29 is 0 Å². The molecule has 0 spiro atoms. The Hall–Kier alpha value is -0.910. The first kappa shape index (κ1) is 14.0. The summed E-state index contributed by atoms with van der Waals surface area (Å²) in [5.41, 5.74) is 1.01. The van der Waals surface area contributed by atoms with Gasteiger partial charge in [0.05, 0.1) is 4.47 Å². The zero-order valence-corrected chi connectivity index (χ0v) is 15.0. The molecule has 100 valence electrons. The number of hydrogen-bond donors (Lipinski definition) is 1. The van der Waals surface area contributed by atoms with E-state index in [1.807, 2.05) is 18.2 Å². The lowest BCUT2D eigenvalue weighted by molar-refractivity contribution is 1.28. The second-order valence-corrected chi connectivity index (χ2v) is 7.00. The summed E-state index contributed by atoms with van der Waals surface area (Å²) in [7, 11) is 0. The molecule has 3 aromatic rings. The van der Waals surface area contributed by atoms with E-state index >= 15 is 0 Å². The smallest absolute Gasteiger partial charge is 0.144 e. The number of nitrogens with one attached hydrogen (secondary N) is 1. The standard InChI is InChI=1S/C15H9Br3N2/c16-11-3-1-10-6-13(4-2-9(10)5-11)20-15-14(18)7-12(17)8-19-15/h1-8H,(H,19,20). The molecule has 0 aliphatic carbocycles. The van der Waals surface area contributed by atoms with Gasteiger partial charge in [0.25, 0.3) is 0 Å². The molecular formula is C15H9Br3N2. The first-order chi connectivity index (χ1) is 9.61. The molecule has 20 heavy (non-hydrogen) atoms. The highest BCUT2D eigenvalue weighted by atomic mass is 79.9. The molecule has 0 atom stereocenters. The Kier molecular flexibility index (Phi) is 4.10. The maximum atomic E-state index is 4.35. The van der Waals surface area contributed by atoms with Gasteiger partial charge in [-0.2, -0.15) is 0 Å². The summed E-state index contributed by atoms with van der Waals surface area (Å²) in [6, 6.07) is 14.5. The number of benzene rings is 2. The van der Waals surface area contributed by atoms with Crippen LogP contribution in [-0.2, 0) is 0 Å². The highest BCUT2D eigenvalue weighted by molar-refractivity contribution is 9.11. The molecule has 1 heterocycles. The summed E-state index contributed by atoms with van der Waals surface area (Å²) >= 11 is 10.4. The van der Waals surface area contributed by atoms with Crippen molar-refractivity contribution in [2.45, 2.75) is 0 Å². The SMILES string of the molecule is Brc1cnc(Nc2ccc3cc(Br)ccc3c2)c(Br)c1. The lowest BCUT2D eigenvalue weighted by Crippen LogP contribution is -1.94. The van der Waals surface area contributed by atoms with E-state index in [1.165, 1.54) is 10.8 Å². The first-order valence-electron chi connectivity index (χ1n) is 5.89. The van der Waals surface area contributed by atoms with E-state index in [0.717, 1.165) is 24.9 Å². The van der Waals surface area contributed by atoms with Crippen LogP contribution in [0.2, 0.25) is 0 Å². The third-order valence-electron chi connectivity index (χ3n) is 2.87. The molecule has 1 aromatic heterocycles. The van der Waals surface area contributed by atoms with Crippen LogP contribution in [-0.4, -0.2) is 4.98 Å². The van der Waals surface area contributed by atoms with Crippen molar-refractivity contribution in [1.29, 1.82) is 0 Å². The van der Waals surface area contributed by atoms with Gasteiger partial charge in [0, 0.05) is 20.8 Å².